The summed E-state index contributed by atoms with van der Waals surface area (Å²) in [5, 5.41) is 2.70. The Bertz CT molecular complexity index is 156. The van der Waals surface area contributed by atoms with Crippen molar-refractivity contribution in [2.24, 2.45) is 0 Å². The zero-order valence-corrected chi connectivity index (χ0v) is 15.6. The molecule has 0 spiro atoms. The molecule has 0 aromatic heterocycles. The van der Waals surface area contributed by atoms with Crippen molar-refractivity contribution in [2.45, 2.75) is 13.3 Å². The fourth-order valence-electron chi connectivity index (χ4n) is 0.542. The number of halogens is 2. The molecule has 0 aromatic carbocycles. The van der Waals surface area contributed by atoms with Gasteiger partial charge in [0, 0.05) is 26.7 Å². The van der Waals surface area contributed by atoms with Crippen molar-refractivity contribution in [1.82, 2.24) is 5.32 Å². The van der Waals surface area contributed by atoms with Crippen LogP contribution in [0.5, 0.6) is 0 Å². The Balaban J connectivity index is 0. The van der Waals surface area contributed by atoms with Crippen molar-refractivity contribution in [3.63, 3.8) is 0 Å². The molecular weight excluding hydrogens is 482 g/mol. The van der Waals surface area contributed by atoms with E-state index in [0.717, 1.165) is 0 Å². The summed E-state index contributed by atoms with van der Waals surface area (Å²) in [6.07, 6.45) is 0.519. The maximum absolute atomic E-state index is 10.7. The van der Waals surface area contributed by atoms with Gasteiger partial charge in [-0.05, 0) is 0 Å². The van der Waals surface area contributed by atoms with Crippen molar-refractivity contribution in [1.29, 1.82) is 0 Å². The van der Waals surface area contributed by atoms with Crippen LogP contribution in [-0.4, -0.2) is 32.8 Å². The molecule has 91 valence electrons. The molecule has 0 rings (SSSR count). The summed E-state index contributed by atoms with van der Waals surface area (Å²) in [4.78, 5) is 10.7. The molecule has 1 unspecified atom stereocenters. The second-order valence-corrected chi connectivity index (χ2v) is 15.5. The molecule has 8 heteroatoms. The normalized spacial score (nSPS) is 11.0. The predicted molar refractivity (Wildman–Crippen MR) is 77.1 cm³/mol. The van der Waals surface area contributed by atoms with E-state index in [0.29, 0.717) is 29.0 Å². The predicted octanol–water partition coefficient (Wildman–Crippen LogP) is 2.89. The van der Waals surface area contributed by atoms with Crippen molar-refractivity contribution in [3.8, 4) is 0 Å². The Morgan fingerprint density at radius 1 is 1.53 bits per heavy atom. The molecular formula is C7H16I2NO3PV. The standard InChI is InChI=1S/C7H16NO3P.2HI.V/c1-4-7(9)8-5-6-11-12(3)10-2;;;/h4-6H2,1-3H3,(H,8,9);2*1H;/q;;;+2/p-2. The number of amides is 1. The van der Waals surface area contributed by atoms with E-state index < -0.39 is 8.38 Å². The van der Waals surface area contributed by atoms with E-state index in [4.69, 9.17) is 9.05 Å². The van der Waals surface area contributed by atoms with E-state index in [1.165, 1.54) is 0 Å². The third-order valence-corrected chi connectivity index (χ3v) is 2.34. The van der Waals surface area contributed by atoms with Gasteiger partial charge in [-0.15, -0.1) is 0 Å². The van der Waals surface area contributed by atoms with Gasteiger partial charge in [-0.3, -0.25) is 4.79 Å². The minimum absolute atomic E-state index is 0.0523. The second kappa shape index (κ2) is 15.9. The molecule has 1 N–H and O–H groups in total. The van der Waals surface area contributed by atoms with Gasteiger partial charge < -0.3 is 14.4 Å². The minimum atomic E-state index is -0.765. The van der Waals surface area contributed by atoms with Crippen molar-refractivity contribution in [3.05, 3.63) is 0 Å². The van der Waals surface area contributed by atoms with Crippen LogP contribution >= 0.6 is 48.3 Å². The van der Waals surface area contributed by atoms with Gasteiger partial charge in [0.05, 0.1) is 6.61 Å². The summed E-state index contributed by atoms with van der Waals surface area (Å²) in [5.74, 6) is 0.0523. The van der Waals surface area contributed by atoms with E-state index in [1.54, 1.807) is 7.11 Å². The number of carbonyl (C=O) groups excluding carboxylic acids is 1. The number of hydrogen-bond acceptors (Lipinski definition) is 3. The Morgan fingerprint density at radius 3 is 2.47 bits per heavy atom. The van der Waals surface area contributed by atoms with Crippen LogP contribution in [-0.2, 0) is 23.3 Å². The van der Waals surface area contributed by atoms with Crippen LogP contribution in [0.1, 0.15) is 13.3 Å². The number of nitrogens with one attached hydrogen (secondary N) is 1. The third-order valence-electron chi connectivity index (χ3n) is 1.28. The van der Waals surface area contributed by atoms with Gasteiger partial charge in [0.25, 0.3) is 0 Å². The van der Waals surface area contributed by atoms with Crippen LogP contribution in [0.25, 0.3) is 0 Å². The van der Waals surface area contributed by atoms with E-state index >= 15 is 0 Å². The summed E-state index contributed by atoms with van der Waals surface area (Å²) >= 11 is 4.74. The third kappa shape index (κ3) is 18.4. The van der Waals surface area contributed by atoms with Gasteiger partial charge in [-0.25, -0.2) is 0 Å². The number of hydrogen-bond donors (Lipinski definition) is 1. The van der Waals surface area contributed by atoms with Gasteiger partial charge in [-0.2, -0.15) is 0 Å². The summed E-state index contributed by atoms with van der Waals surface area (Å²) in [6.45, 7) is 4.76. The Labute approximate surface area is 122 Å². The summed E-state index contributed by atoms with van der Waals surface area (Å²) in [6, 6.07) is 0. The molecule has 1 atom stereocenters. The summed E-state index contributed by atoms with van der Waals surface area (Å²) < 4.78 is 10.1. The first-order valence-electron chi connectivity index (χ1n) is 4.22. The SMILES string of the molecule is CCC(=O)NCCOP(C)OC.[I][V][I]. The number of rotatable bonds is 6. The van der Waals surface area contributed by atoms with E-state index in [2.05, 4.69) is 45.3 Å². The average Bonchev–Trinajstić information content (AvgIpc) is 2.24. The fourth-order valence-corrected chi connectivity index (χ4v) is 0.996. The van der Waals surface area contributed by atoms with Crippen LogP contribution in [0, 0.1) is 0 Å². The molecule has 0 saturated heterocycles. The van der Waals surface area contributed by atoms with E-state index in [1.807, 2.05) is 13.6 Å². The summed E-state index contributed by atoms with van der Waals surface area (Å²) in [5.41, 5.74) is 0. The molecule has 1 amide bonds. The molecule has 0 aliphatic heterocycles. The van der Waals surface area contributed by atoms with Crippen LogP contribution in [0.2, 0.25) is 0 Å². The van der Waals surface area contributed by atoms with Crippen LogP contribution in [0.3, 0.4) is 0 Å². The van der Waals surface area contributed by atoms with E-state index in [-0.39, 0.29) is 5.91 Å². The molecule has 0 fully saturated rings. The Morgan fingerprint density at radius 2 is 2.07 bits per heavy atom. The maximum atomic E-state index is 10.7. The van der Waals surface area contributed by atoms with Gasteiger partial charge in [0.1, 0.15) is 0 Å². The first-order chi connectivity index (χ1) is 7.12. The summed E-state index contributed by atoms with van der Waals surface area (Å²) in [7, 11) is 1.47. The monoisotopic (exact) mass is 498 g/mol. The molecule has 15 heavy (non-hydrogen) atoms. The Hall–Kier alpha value is 1.86. The van der Waals surface area contributed by atoms with Crippen LogP contribution in [0.15, 0.2) is 0 Å². The van der Waals surface area contributed by atoms with Crippen LogP contribution in [0.4, 0.5) is 0 Å². The first kappa shape index (κ1) is 19.2. The van der Waals surface area contributed by atoms with Crippen LogP contribution < -0.4 is 5.32 Å². The molecule has 0 saturated carbocycles. The molecule has 0 aliphatic carbocycles. The van der Waals surface area contributed by atoms with Gasteiger partial charge in [-0.1, -0.05) is 6.92 Å². The molecule has 0 heterocycles. The average molecular weight is 498 g/mol. The van der Waals surface area contributed by atoms with E-state index in [9.17, 15) is 4.79 Å². The second-order valence-electron chi connectivity index (χ2n) is 2.22. The zero-order chi connectivity index (χ0) is 12.1. The molecule has 0 bridgehead atoms. The van der Waals surface area contributed by atoms with Crippen molar-refractivity contribution < 1.29 is 23.3 Å². The van der Waals surface area contributed by atoms with Gasteiger partial charge in [0.2, 0.25) is 5.91 Å². The zero-order valence-electron chi connectivity index (χ0n) is 9.00. The fraction of sp³-hybridized carbons (Fsp3) is 0.857. The van der Waals surface area contributed by atoms with Gasteiger partial charge >= 0.3 is 49.4 Å². The van der Waals surface area contributed by atoms with Crippen molar-refractivity contribution >= 4 is 54.2 Å². The molecule has 0 radical (unpaired) electrons. The topological polar surface area (TPSA) is 47.6 Å². The molecule has 0 aliphatic rings. The first-order valence-corrected chi connectivity index (χ1v) is 14.9. The number of carbonyl (C=O) groups is 1. The van der Waals surface area contributed by atoms with Crippen molar-refractivity contribution in [2.75, 3.05) is 26.9 Å². The van der Waals surface area contributed by atoms with Gasteiger partial charge in [0.15, 0.2) is 8.38 Å². The molecule has 0 aromatic rings. The molecule has 4 nitrogen and oxygen atoms in total. The Kier molecular flexibility index (Phi) is 20.3. The quantitative estimate of drug-likeness (QED) is 0.349.